The van der Waals surface area contributed by atoms with Gasteiger partial charge in [-0.2, -0.15) is 5.10 Å². The summed E-state index contributed by atoms with van der Waals surface area (Å²) < 4.78 is 27.5. The van der Waals surface area contributed by atoms with Crippen molar-refractivity contribution in [3.05, 3.63) is 114 Å². The maximum absolute atomic E-state index is 13.5. The van der Waals surface area contributed by atoms with E-state index in [9.17, 15) is 23.5 Å². The predicted molar refractivity (Wildman–Crippen MR) is 152 cm³/mol. The minimum absolute atomic E-state index is 0.288. The quantitative estimate of drug-likeness (QED) is 0.154. The van der Waals surface area contributed by atoms with Gasteiger partial charge in [0.15, 0.2) is 0 Å². The van der Waals surface area contributed by atoms with Gasteiger partial charge in [-0.1, -0.05) is 56.3 Å². The SMILES string of the molecule is CCC(CC)(c1ccc(NC(=O)C=Cc2cn(Cc3ccccc3)nc2-c2ccc(F)cc2)cc1)P(=O)(O)O. The van der Waals surface area contributed by atoms with E-state index in [0.717, 1.165) is 11.1 Å². The number of amides is 1. The summed E-state index contributed by atoms with van der Waals surface area (Å²) in [5.74, 6) is -0.725. The molecule has 9 heteroatoms. The highest BCUT2D eigenvalue weighted by Crippen LogP contribution is 2.60. The molecule has 39 heavy (non-hydrogen) atoms. The monoisotopic (exact) mass is 547 g/mol. The molecule has 0 fully saturated rings. The van der Waals surface area contributed by atoms with Crippen molar-refractivity contribution in [2.24, 2.45) is 0 Å². The van der Waals surface area contributed by atoms with Crippen molar-refractivity contribution < 1.29 is 23.5 Å². The molecule has 0 saturated heterocycles. The Hall–Kier alpha value is -3.84. The second-order valence-corrected chi connectivity index (χ2v) is 11.2. The van der Waals surface area contributed by atoms with E-state index >= 15 is 0 Å². The van der Waals surface area contributed by atoms with Crippen LogP contribution in [0.5, 0.6) is 0 Å². The average Bonchev–Trinajstić information content (AvgIpc) is 3.32. The second-order valence-electron chi connectivity index (χ2n) is 9.31. The van der Waals surface area contributed by atoms with E-state index in [1.165, 1.54) is 18.2 Å². The van der Waals surface area contributed by atoms with E-state index in [4.69, 9.17) is 0 Å². The van der Waals surface area contributed by atoms with Crippen LogP contribution >= 0.6 is 7.60 Å². The molecule has 0 spiro atoms. The number of hydrogen-bond acceptors (Lipinski definition) is 3. The van der Waals surface area contributed by atoms with Crippen molar-refractivity contribution >= 4 is 25.3 Å². The molecule has 0 aliphatic carbocycles. The number of aromatic nitrogens is 2. The highest BCUT2D eigenvalue weighted by molar-refractivity contribution is 7.53. The summed E-state index contributed by atoms with van der Waals surface area (Å²) in [4.78, 5) is 32.7. The molecule has 7 nitrogen and oxygen atoms in total. The zero-order chi connectivity index (χ0) is 28.0. The Balaban J connectivity index is 1.54. The first-order valence-corrected chi connectivity index (χ1v) is 14.3. The summed E-state index contributed by atoms with van der Waals surface area (Å²) >= 11 is 0. The molecule has 3 aromatic carbocycles. The Kier molecular flexibility index (Phi) is 8.60. The van der Waals surface area contributed by atoms with Crippen molar-refractivity contribution in [2.45, 2.75) is 38.4 Å². The fraction of sp³-hybridized carbons (Fsp3) is 0.200. The number of nitrogens with zero attached hydrogens (tertiary/aromatic N) is 2. The first-order valence-electron chi connectivity index (χ1n) is 12.7. The standard InChI is InChI=1S/C30H31FN3O4P/c1-3-30(4-2,39(36,37)38)25-13-17-27(18-14-25)32-28(35)19-12-24-21-34(20-22-8-6-5-7-9-22)33-29(24)23-10-15-26(31)16-11-23/h5-19,21H,3-4,20H2,1-2H3,(H,32,35)(H2,36,37,38). The van der Waals surface area contributed by atoms with Gasteiger partial charge in [-0.05, 0) is 66.4 Å². The van der Waals surface area contributed by atoms with Crippen LogP contribution in [0, 0.1) is 5.82 Å². The van der Waals surface area contributed by atoms with Crippen molar-refractivity contribution in [3.8, 4) is 11.3 Å². The largest absolute Gasteiger partial charge is 0.335 e. The van der Waals surface area contributed by atoms with Crippen molar-refractivity contribution in [1.29, 1.82) is 0 Å². The normalized spacial score (nSPS) is 12.1. The molecule has 0 bridgehead atoms. The van der Waals surface area contributed by atoms with Gasteiger partial charge in [0.25, 0.3) is 0 Å². The molecule has 1 heterocycles. The van der Waals surface area contributed by atoms with E-state index in [1.54, 1.807) is 61.0 Å². The molecule has 0 unspecified atom stereocenters. The molecule has 0 aliphatic heterocycles. The molecule has 0 aliphatic rings. The van der Waals surface area contributed by atoms with E-state index in [2.05, 4.69) is 10.4 Å². The molecule has 0 atom stereocenters. The second kappa shape index (κ2) is 11.9. The van der Waals surface area contributed by atoms with E-state index < -0.39 is 12.8 Å². The molecule has 1 aromatic heterocycles. The molecular weight excluding hydrogens is 516 g/mol. The van der Waals surface area contributed by atoms with Gasteiger partial charge in [-0.15, -0.1) is 0 Å². The zero-order valence-corrected chi connectivity index (χ0v) is 22.7. The molecule has 0 saturated carbocycles. The number of carbonyl (C=O) groups excluding carboxylic acids is 1. The van der Waals surface area contributed by atoms with Crippen LogP contribution in [0.25, 0.3) is 17.3 Å². The fourth-order valence-corrected chi connectivity index (χ4v) is 6.00. The smallest absolute Gasteiger partial charge is 0.324 e. The highest BCUT2D eigenvalue weighted by atomic mass is 31.2. The maximum atomic E-state index is 13.5. The number of carbonyl (C=O) groups is 1. The Bertz CT molecular complexity index is 1490. The van der Waals surface area contributed by atoms with Gasteiger partial charge in [0.2, 0.25) is 5.91 Å². The number of benzene rings is 3. The first kappa shape index (κ1) is 28.2. The van der Waals surface area contributed by atoms with Crippen LogP contribution < -0.4 is 5.32 Å². The molecule has 1 amide bonds. The lowest BCUT2D eigenvalue weighted by molar-refractivity contribution is -0.111. The van der Waals surface area contributed by atoms with Gasteiger partial charge in [-0.25, -0.2) is 4.39 Å². The predicted octanol–water partition coefficient (Wildman–Crippen LogP) is 6.58. The summed E-state index contributed by atoms with van der Waals surface area (Å²) in [6.45, 7) is 4.05. The topological polar surface area (TPSA) is 104 Å². The third-order valence-corrected chi connectivity index (χ3v) is 8.93. The van der Waals surface area contributed by atoms with Gasteiger partial charge in [0.1, 0.15) is 5.82 Å². The van der Waals surface area contributed by atoms with Crippen LogP contribution in [-0.2, 0) is 21.1 Å². The minimum Gasteiger partial charge on any atom is -0.324 e. The van der Waals surface area contributed by atoms with Crippen LogP contribution in [0.15, 0.2) is 91.1 Å². The van der Waals surface area contributed by atoms with Crippen LogP contribution in [0.2, 0.25) is 0 Å². The van der Waals surface area contributed by atoms with Crippen molar-refractivity contribution in [3.63, 3.8) is 0 Å². The summed E-state index contributed by atoms with van der Waals surface area (Å²) in [6.07, 6.45) is 5.46. The van der Waals surface area contributed by atoms with Gasteiger partial charge in [0, 0.05) is 29.1 Å². The van der Waals surface area contributed by atoms with Crippen molar-refractivity contribution in [1.82, 2.24) is 9.78 Å². The van der Waals surface area contributed by atoms with Gasteiger partial charge >= 0.3 is 7.60 Å². The number of anilines is 1. The summed E-state index contributed by atoms with van der Waals surface area (Å²) in [7, 11) is -4.40. The van der Waals surface area contributed by atoms with Gasteiger partial charge < -0.3 is 15.1 Å². The van der Waals surface area contributed by atoms with Crippen LogP contribution in [0.3, 0.4) is 0 Å². The summed E-state index contributed by atoms with van der Waals surface area (Å²) in [5, 5.41) is 6.21. The minimum atomic E-state index is -4.40. The molecule has 0 radical (unpaired) electrons. The first-order chi connectivity index (χ1) is 18.6. The number of halogens is 1. The van der Waals surface area contributed by atoms with Gasteiger partial charge in [-0.3, -0.25) is 14.0 Å². The molecule has 4 rings (SSSR count). The van der Waals surface area contributed by atoms with Gasteiger partial charge in [0.05, 0.1) is 17.4 Å². The van der Waals surface area contributed by atoms with E-state index in [1.807, 2.05) is 36.5 Å². The van der Waals surface area contributed by atoms with Crippen LogP contribution in [-0.4, -0.2) is 25.5 Å². The van der Waals surface area contributed by atoms with Crippen LogP contribution in [0.1, 0.15) is 43.4 Å². The molecule has 3 N–H and O–H groups in total. The maximum Gasteiger partial charge on any atom is 0.335 e. The highest BCUT2D eigenvalue weighted by Gasteiger charge is 2.45. The Morgan fingerprint density at radius 2 is 1.64 bits per heavy atom. The third kappa shape index (κ3) is 6.42. The zero-order valence-electron chi connectivity index (χ0n) is 21.8. The summed E-state index contributed by atoms with van der Waals surface area (Å²) in [5.41, 5.74) is 4.13. The average molecular weight is 548 g/mol. The van der Waals surface area contributed by atoms with E-state index in [0.29, 0.717) is 29.1 Å². The molecular formula is C30H31FN3O4P. The summed E-state index contributed by atoms with van der Waals surface area (Å²) in [6, 6.07) is 22.4. The van der Waals surface area contributed by atoms with E-state index in [-0.39, 0.29) is 24.6 Å². The lowest BCUT2D eigenvalue weighted by atomic mass is 9.92. The Morgan fingerprint density at radius 1 is 1.00 bits per heavy atom. The molecule has 4 aromatic rings. The number of hydrogen-bond donors (Lipinski definition) is 3. The third-order valence-electron chi connectivity index (χ3n) is 6.93. The lowest BCUT2D eigenvalue weighted by Gasteiger charge is -2.33. The fourth-order valence-electron chi connectivity index (χ4n) is 4.69. The number of nitrogens with one attached hydrogen (secondary N) is 1. The lowest BCUT2D eigenvalue weighted by Crippen LogP contribution is -2.24. The number of rotatable bonds is 10. The van der Waals surface area contributed by atoms with Crippen LogP contribution in [0.4, 0.5) is 10.1 Å². The molecule has 202 valence electrons. The Labute approximate surface area is 227 Å². The van der Waals surface area contributed by atoms with Crippen molar-refractivity contribution in [2.75, 3.05) is 5.32 Å². The Morgan fingerprint density at radius 3 is 2.23 bits per heavy atom.